The monoisotopic (exact) mass is 468 g/mol. The molecule has 7 heteroatoms. The van der Waals surface area contributed by atoms with Crippen LogP contribution in [0.25, 0.3) is 11.0 Å². The Bertz CT molecular complexity index is 1460. The summed E-state index contributed by atoms with van der Waals surface area (Å²) in [5.74, 6) is 0.820. The Morgan fingerprint density at radius 2 is 1.86 bits per heavy atom. The van der Waals surface area contributed by atoms with Crippen LogP contribution in [0, 0.1) is 0 Å². The van der Waals surface area contributed by atoms with Gasteiger partial charge in [-0.2, -0.15) is 0 Å². The van der Waals surface area contributed by atoms with Crippen LogP contribution in [0.2, 0.25) is 0 Å². The Balaban J connectivity index is 1.69. The minimum Gasteiger partial charge on any atom is -0.490 e. The summed E-state index contributed by atoms with van der Waals surface area (Å²) < 4.78 is 17.6. The van der Waals surface area contributed by atoms with Gasteiger partial charge >= 0.3 is 0 Å². The molecule has 1 aliphatic rings. The van der Waals surface area contributed by atoms with E-state index in [1.165, 1.54) is 0 Å². The van der Waals surface area contributed by atoms with Gasteiger partial charge in [-0.05, 0) is 54.4 Å². The third-order valence-corrected chi connectivity index (χ3v) is 5.92. The normalized spacial score (nSPS) is 14.7. The Kier molecular flexibility index (Phi) is 6.06. The zero-order valence-corrected chi connectivity index (χ0v) is 19.3. The molecule has 1 atom stereocenters. The molecule has 2 aromatic heterocycles. The zero-order chi connectivity index (χ0) is 24.4. The summed E-state index contributed by atoms with van der Waals surface area (Å²) in [5, 5.41) is 0.436. The smallest absolute Gasteiger partial charge is 0.291 e. The van der Waals surface area contributed by atoms with Gasteiger partial charge < -0.3 is 18.8 Å². The van der Waals surface area contributed by atoms with Gasteiger partial charge in [-0.25, -0.2) is 0 Å². The molecule has 5 rings (SSSR count). The van der Waals surface area contributed by atoms with Gasteiger partial charge in [-0.15, -0.1) is 0 Å². The van der Waals surface area contributed by atoms with E-state index < -0.39 is 6.04 Å². The van der Waals surface area contributed by atoms with Crippen molar-refractivity contribution in [3.63, 3.8) is 0 Å². The quantitative estimate of drug-likeness (QED) is 0.342. The van der Waals surface area contributed by atoms with Crippen LogP contribution >= 0.6 is 0 Å². The van der Waals surface area contributed by atoms with Gasteiger partial charge in [0.15, 0.2) is 16.9 Å². The predicted octanol–water partition coefficient (Wildman–Crippen LogP) is 4.90. The molecule has 0 bridgehead atoms. The molecule has 4 aromatic rings. The summed E-state index contributed by atoms with van der Waals surface area (Å²) in [6.45, 7) is 6.62. The molecule has 0 saturated heterocycles. The van der Waals surface area contributed by atoms with Gasteiger partial charge in [0, 0.05) is 18.9 Å². The highest BCUT2D eigenvalue weighted by Gasteiger charge is 2.43. The van der Waals surface area contributed by atoms with Crippen LogP contribution in [0.15, 0.2) is 88.9 Å². The van der Waals surface area contributed by atoms with Gasteiger partial charge in [0.05, 0.1) is 23.6 Å². The van der Waals surface area contributed by atoms with Crippen LogP contribution in [0.1, 0.15) is 40.2 Å². The SMILES string of the molecule is C=CCOc1ccc([C@H]2c3c(oc4ccccc4c3=O)C(=O)N2Cc2ccncc2)cc1OCC. The van der Waals surface area contributed by atoms with Crippen LogP contribution in [0.5, 0.6) is 11.5 Å². The van der Waals surface area contributed by atoms with E-state index >= 15 is 0 Å². The van der Waals surface area contributed by atoms with Crippen molar-refractivity contribution in [2.75, 3.05) is 13.2 Å². The molecule has 35 heavy (non-hydrogen) atoms. The summed E-state index contributed by atoms with van der Waals surface area (Å²) in [4.78, 5) is 33.0. The molecule has 1 aliphatic heterocycles. The first-order chi connectivity index (χ1) is 17.1. The molecule has 0 unspecified atom stereocenters. The van der Waals surface area contributed by atoms with Crippen molar-refractivity contribution in [1.29, 1.82) is 0 Å². The summed E-state index contributed by atoms with van der Waals surface area (Å²) in [5.41, 5.74) is 2.10. The number of benzene rings is 2. The number of hydrogen-bond donors (Lipinski definition) is 0. The van der Waals surface area contributed by atoms with E-state index in [2.05, 4.69) is 11.6 Å². The Hall–Kier alpha value is -4.39. The van der Waals surface area contributed by atoms with Gasteiger partial charge in [0.25, 0.3) is 5.91 Å². The minimum absolute atomic E-state index is 0.0673. The molecule has 2 aromatic carbocycles. The predicted molar refractivity (Wildman–Crippen MR) is 132 cm³/mol. The topological polar surface area (TPSA) is 81.9 Å². The summed E-state index contributed by atoms with van der Waals surface area (Å²) in [7, 11) is 0. The lowest BCUT2D eigenvalue weighted by Gasteiger charge is -2.26. The number of fused-ring (bicyclic) bond motifs is 2. The van der Waals surface area contributed by atoms with E-state index in [1.54, 1.807) is 53.7 Å². The highest BCUT2D eigenvalue weighted by Crippen LogP contribution is 2.41. The number of nitrogens with zero attached hydrogens (tertiary/aromatic N) is 2. The molecule has 7 nitrogen and oxygen atoms in total. The molecule has 0 N–H and O–H groups in total. The second-order valence-electron chi connectivity index (χ2n) is 8.10. The number of pyridine rings is 1. The lowest BCUT2D eigenvalue weighted by molar-refractivity contribution is 0.0714. The highest BCUT2D eigenvalue weighted by molar-refractivity contribution is 5.99. The van der Waals surface area contributed by atoms with Gasteiger partial charge in [0.2, 0.25) is 5.76 Å². The van der Waals surface area contributed by atoms with Crippen LogP contribution in [-0.4, -0.2) is 29.0 Å². The van der Waals surface area contributed by atoms with Gasteiger partial charge in [-0.1, -0.05) is 30.9 Å². The van der Waals surface area contributed by atoms with Crippen molar-refractivity contribution in [2.45, 2.75) is 19.5 Å². The number of ether oxygens (including phenoxy) is 2. The fourth-order valence-corrected chi connectivity index (χ4v) is 4.39. The first-order valence-corrected chi connectivity index (χ1v) is 11.4. The fourth-order valence-electron chi connectivity index (χ4n) is 4.39. The Morgan fingerprint density at radius 1 is 1.06 bits per heavy atom. The molecular weight excluding hydrogens is 444 g/mol. The van der Waals surface area contributed by atoms with E-state index in [4.69, 9.17) is 13.9 Å². The van der Waals surface area contributed by atoms with E-state index in [0.29, 0.717) is 41.2 Å². The maximum Gasteiger partial charge on any atom is 0.291 e. The van der Waals surface area contributed by atoms with E-state index in [0.717, 1.165) is 11.1 Å². The third kappa shape index (κ3) is 4.05. The molecule has 0 spiro atoms. The number of rotatable bonds is 8. The number of amides is 1. The number of hydrogen-bond acceptors (Lipinski definition) is 6. The van der Waals surface area contributed by atoms with Crippen LogP contribution in [-0.2, 0) is 6.54 Å². The van der Waals surface area contributed by atoms with Crippen molar-refractivity contribution in [1.82, 2.24) is 9.88 Å². The molecule has 0 aliphatic carbocycles. The maximum absolute atomic E-state index is 13.7. The van der Waals surface area contributed by atoms with E-state index in [9.17, 15) is 9.59 Å². The standard InChI is InChI=1S/C28H24N2O5/c1-3-15-34-22-10-9-19(16-23(22)33-4-2)25-24-26(31)20-7-5-6-8-21(20)35-27(24)28(32)30(25)17-18-11-13-29-14-12-18/h3,5-14,16,25H,1,4,15,17H2,2H3/t25-/m0/s1. The zero-order valence-electron chi connectivity index (χ0n) is 19.3. The van der Waals surface area contributed by atoms with E-state index in [1.807, 2.05) is 31.2 Å². The molecule has 0 radical (unpaired) electrons. The van der Waals surface area contributed by atoms with Crippen molar-refractivity contribution in [3.8, 4) is 11.5 Å². The van der Waals surface area contributed by atoms with Crippen molar-refractivity contribution >= 4 is 16.9 Å². The fraction of sp³-hybridized carbons (Fsp3) is 0.179. The number of aromatic nitrogens is 1. The third-order valence-electron chi connectivity index (χ3n) is 5.92. The highest BCUT2D eigenvalue weighted by atomic mass is 16.5. The van der Waals surface area contributed by atoms with Crippen molar-refractivity contribution in [3.05, 3.63) is 112 Å². The number of carbonyl (C=O) groups is 1. The minimum atomic E-state index is -0.654. The first-order valence-electron chi connectivity index (χ1n) is 11.4. The Labute approximate surface area is 202 Å². The van der Waals surface area contributed by atoms with Crippen molar-refractivity contribution < 1.29 is 18.7 Å². The average Bonchev–Trinajstić information content (AvgIpc) is 3.15. The maximum atomic E-state index is 13.7. The molecule has 1 amide bonds. The van der Waals surface area contributed by atoms with Crippen LogP contribution in [0.4, 0.5) is 0 Å². The Morgan fingerprint density at radius 3 is 2.63 bits per heavy atom. The largest absolute Gasteiger partial charge is 0.490 e. The van der Waals surface area contributed by atoms with Gasteiger partial charge in [-0.3, -0.25) is 14.6 Å². The number of carbonyl (C=O) groups excluding carboxylic acids is 1. The molecule has 3 heterocycles. The second kappa shape index (κ2) is 9.46. The first kappa shape index (κ1) is 22.4. The lowest BCUT2D eigenvalue weighted by Crippen LogP contribution is -2.29. The van der Waals surface area contributed by atoms with Crippen LogP contribution < -0.4 is 14.9 Å². The lowest BCUT2D eigenvalue weighted by atomic mass is 9.98. The second-order valence-corrected chi connectivity index (χ2v) is 8.10. The summed E-state index contributed by atoms with van der Waals surface area (Å²) in [6, 6.07) is 15.5. The average molecular weight is 469 g/mol. The molecule has 0 fully saturated rings. The van der Waals surface area contributed by atoms with E-state index in [-0.39, 0.29) is 23.6 Å². The summed E-state index contributed by atoms with van der Waals surface area (Å²) >= 11 is 0. The number of para-hydroxylation sites is 1. The summed E-state index contributed by atoms with van der Waals surface area (Å²) in [6.07, 6.45) is 5.01. The van der Waals surface area contributed by atoms with Gasteiger partial charge in [0.1, 0.15) is 12.2 Å². The van der Waals surface area contributed by atoms with Crippen LogP contribution in [0.3, 0.4) is 0 Å². The molecule has 176 valence electrons. The van der Waals surface area contributed by atoms with Crippen molar-refractivity contribution in [2.24, 2.45) is 0 Å². The molecule has 0 saturated carbocycles. The molecular formula is C28H24N2O5.